The van der Waals surface area contributed by atoms with E-state index in [2.05, 4.69) is 5.32 Å². The molecule has 0 aliphatic carbocycles. The zero-order chi connectivity index (χ0) is 25.8. The number of nitrogens with zero attached hydrogens (tertiary/aromatic N) is 1. The molecule has 0 saturated carbocycles. The quantitative estimate of drug-likeness (QED) is 0.410. The van der Waals surface area contributed by atoms with Gasteiger partial charge in [0.05, 0.1) is 25.7 Å². The number of carbonyl (C=O) groups is 2. The number of benzene rings is 2. The van der Waals surface area contributed by atoms with Crippen LogP contribution in [0.5, 0.6) is 5.75 Å². The van der Waals surface area contributed by atoms with Gasteiger partial charge in [-0.3, -0.25) is 4.79 Å². The lowest BCUT2D eigenvalue weighted by Gasteiger charge is -2.19. The van der Waals surface area contributed by atoms with Crippen LogP contribution in [0, 0.1) is 5.92 Å². The number of halogens is 3. The summed E-state index contributed by atoms with van der Waals surface area (Å²) in [5.41, 5.74) is 3.32. The van der Waals surface area contributed by atoms with E-state index in [0.717, 1.165) is 22.0 Å². The molecule has 1 atom stereocenters. The summed E-state index contributed by atoms with van der Waals surface area (Å²) in [7, 11) is 2.82. The molecule has 0 fully saturated rings. The van der Waals surface area contributed by atoms with E-state index in [0.29, 0.717) is 24.3 Å². The normalized spacial score (nSPS) is 12.4. The number of hydrogen-bond acceptors (Lipinski definition) is 4. The van der Waals surface area contributed by atoms with E-state index in [4.69, 9.17) is 9.47 Å². The first-order valence-corrected chi connectivity index (χ1v) is 11.3. The summed E-state index contributed by atoms with van der Waals surface area (Å²) >= 11 is 0. The molecule has 0 aliphatic rings. The van der Waals surface area contributed by atoms with Crippen LogP contribution in [0.4, 0.5) is 13.2 Å². The Morgan fingerprint density at radius 3 is 2.34 bits per heavy atom. The highest BCUT2D eigenvalue weighted by Crippen LogP contribution is 2.30. The van der Waals surface area contributed by atoms with Crippen molar-refractivity contribution in [2.75, 3.05) is 20.8 Å². The van der Waals surface area contributed by atoms with Crippen molar-refractivity contribution in [3.05, 3.63) is 64.8 Å². The van der Waals surface area contributed by atoms with Gasteiger partial charge in [0, 0.05) is 42.2 Å². The maximum Gasteiger partial charge on any atom is 0.393 e. The Labute approximate surface area is 202 Å². The minimum atomic E-state index is -4.36. The highest BCUT2D eigenvalue weighted by molar-refractivity contribution is 5.99. The number of carbonyl (C=O) groups excluding carboxylic acids is 2. The third-order valence-electron chi connectivity index (χ3n) is 6.12. The van der Waals surface area contributed by atoms with Gasteiger partial charge in [0.1, 0.15) is 5.75 Å². The Morgan fingerprint density at radius 2 is 1.74 bits per heavy atom. The summed E-state index contributed by atoms with van der Waals surface area (Å²) in [5.74, 6) is -2.09. The molecule has 3 aromatic rings. The summed E-state index contributed by atoms with van der Waals surface area (Å²) in [6.45, 7) is 3.67. The van der Waals surface area contributed by atoms with Gasteiger partial charge in [-0.1, -0.05) is 13.0 Å². The van der Waals surface area contributed by atoms with Crippen molar-refractivity contribution >= 4 is 22.8 Å². The minimum absolute atomic E-state index is 0.108. The molecule has 0 spiro atoms. The molecular formula is C26H29F3N2O4. The Kier molecular flexibility index (Phi) is 8.09. The summed E-state index contributed by atoms with van der Waals surface area (Å²) in [5, 5.41) is 3.24. The van der Waals surface area contributed by atoms with E-state index in [9.17, 15) is 22.8 Å². The Morgan fingerprint density at radius 1 is 1.03 bits per heavy atom. The number of esters is 1. The van der Waals surface area contributed by atoms with Crippen molar-refractivity contribution in [1.82, 2.24) is 9.88 Å². The van der Waals surface area contributed by atoms with Crippen molar-refractivity contribution in [2.24, 2.45) is 5.92 Å². The predicted octanol–water partition coefficient (Wildman–Crippen LogP) is 5.37. The molecule has 0 aliphatic heterocycles. The fourth-order valence-electron chi connectivity index (χ4n) is 4.06. The Hall–Kier alpha value is -3.49. The lowest BCUT2D eigenvalue weighted by molar-refractivity contribution is -0.173. The maximum atomic E-state index is 13.0. The number of amides is 1. The molecule has 2 aromatic carbocycles. The second-order valence-electron chi connectivity index (χ2n) is 8.22. The van der Waals surface area contributed by atoms with Crippen LogP contribution in [0.1, 0.15) is 52.1 Å². The number of fused-ring (bicyclic) bond motifs is 1. The summed E-state index contributed by atoms with van der Waals surface area (Å²) in [6, 6.07) is 10.2. The van der Waals surface area contributed by atoms with Gasteiger partial charge in [0.15, 0.2) is 0 Å². The van der Waals surface area contributed by atoms with Crippen LogP contribution in [0.3, 0.4) is 0 Å². The predicted molar refractivity (Wildman–Crippen MR) is 127 cm³/mol. The van der Waals surface area contributed by atoms with Crippen molar-refractivity contribution in [3.8, 4) is 5.75 Å². The summed E-state index contributed by atoms with van der Waals surface area (Å²) in [6.07, 6.45) is -2.02. The molecule has 0 saturated heterocycles. The van der Waals surface area contributed by atoms with E-state index in [-0.39, 0.29) is 12.0 Å². The molecule has 1 amide bonds. The first kappa shape index (κ1) is 26.1. The Balaban J connectivity index is 1.92. The molecule has 1 heterocycles. The third kappa shape index (κ3) is 5.78. The van der Waals surface area contributed by atoms with Crippen molar-refractivity contribution < 1.29 is 32.2 Å². The fraction of sp³-hybridized carbons (Fsp3) is 0.385. The van der Waals surface area contributed by atoms with Crippen LogP contribution in [-0.2, 0) is 17.7 Å². The van der Waals surface area contributed by atoms with Gasteiger partial charge < -0.3 is 19.4 Å². The standard InChI is InChI=1S/C26H29F3N2O4/c1-5-20(26(27,28)29)14-30-24(32)17-9-10-22-21(12-17)19(15-31(22)6-2)11-16-7-8-18(25(33)35-4)13-23(16)34-3/h7-10,12-13,15,20H,5-6,11,14H2,1-4H3,(H,30,32). The second kappa shape index (κ2) is 10.8. The second-order valence-corrected chi connectivity index (χ2v) is 8.22. The first-order valence-electron chi connectivity index (χ1n) is 11.3. The van der Waals surface area contributed by atoms with Gasteiger partial charge in [-0.05, 0) is 54.8 Å². The van der Waals surface area contributed by atoms with Crippen molar-refractivity contribution in [2.45, 2.75) is 39.4 Å². The van der Waals surface area contributed by atoms with Gasteiger partial charge in [-0.25, -0.2) is 4.79 Å². The number of aromatic nitrogens is 1. The monoisotopic (exact) mass is 490 g/mol. The van der Waals surface area contributed by atoms with Crippen LogP contribution in [-0.4, -0.2) is 43.4 Å². The van der Waals surface area contributed by atoms with E-state index in [1.165, 1.54) is 21.1 Å². The number of aryl methyl sites for hydroxylation is 1. The first-order chi connectivity index (χ1) is 16.6. The van der Waals surface area contributed by atoms with Crippen molar-refractivity contribution in [1.29, 1.82) is 0 Å². The molecule has 1 unspecified atom stereocenters. The highest BCUT2D eigenvalue weighted by atomic mass is 19.4. The highest BCUT2D eigenvalue weighted by Gasteiger charge is 2.38. The molecule has 0 radical (unpaired) electrons. The lowest BCUT2D eigenvalue weighted by Crippen LogP contribution is -2.36. The zero-order valence-corrected chi connectivity index (χ0v) is 20.2. The summed E-state index contributed by atoms with van der Waals surface area (Å²) in [4.78, 5) is 24.5. The molecular weight excluding hydrogens is 461 g/mol. The Bertz CT molecular complexity index is 1220. The van der Waals surface area contributed by atoms with Crippen LogP contribution in [0.15, 0.2) is 42.6 Å². The van der Waals surface area contributed by atoms with Gasteiger partial charge in [-0.2, -0.15) is 13.2 Å². The SMILES string of the molecule is CCC(CNC(=O)c1ccc2c(c1)c(Cc1ccc(C(=O)OC)cc1OC)cn2CC)C(F)(F)F. The van der Waals surface area contributed by atoms with Gasteiger partial charge >= 0.3 is 12.1 Å². The summed E-state index contributed by atoms with van der Waals surface area (Å²) < 4.78 is 51.4. The van der Waals surface area contributed by atoms with Gasteiger partial charge in [0.2, 0.25) is 0 Å². The van der Waals surface area contributed by atoms with E-state index in [1.807, 2.05) is 17.7 Å². The van der Waals surface area contributed by atoms with E-state index < -0.39 is 30.5 Å². The number of ether oxygens (including phenoxy) is 2. The molecule has 3 rings (SSSR count). The number of hydrogen-bond donors (Lipinski definition) is 1. The smallest absolute Gasteiger partial charge is 0.393 e. The maximum absolute atomic E-state index is 13.0. The fourth-order valence-corrected chi connectivity index (χ4v) is 4.06. The topological polar surface area (TPSA) is 69.6 Å². The van der Waals surface area contributed by atoms with Crippen molar-refractivity contribution in [3.63, 3.8) is 0 Å². The lowest BCUT2D eigenvalue weighted by atomic mass is 10.0. The minimum Gasteiger partial charge on any atom is -0.496 e. The molecule has 188 valence electrons. The van der Waals surface area contributed by atoms with Crippen LogP contribution < -0.4 is 10.1 Å². The van der Waals surface area contributed by atoms with E-state index in [1.54, 1.807) is 36.4 Å². The zero-order valence-electron chi connectivity index (χ0n) is 20.2. The van der Waals surface area contributed by atoms with Gasteiger partial charge in [-0.15, -0.1) is 0 Å². The third-order valence-corrected chi connectivity index (χ3v) is 6.12. The molecule has 0 bridgehead atoms. The number of methoxy groups -OCH3 is 2. The van der Waals surface area contributed by atoms with Gasteiger partial charge in [0.25, 0.3) is 5.91 Å². The molecule has 6 nitrogen and oxygen atoms in total. The molecule has 9 heteroatoms. The molecule has 1 N–H and O–H groups in total. The van der Waals surface area contributed by atoms with E-state index >= 15 is 0 Å². The van der Waals surface area contributed by atoms with Crippen LogP contribution in [0.2, 0.25) is 0 Å². The number of alkyl halides is 3. The average molecular weight is 491 g/mol. The number of nitrogens with one attached hydrogen (secondary N) is 1. The van der Waals surface area contributed by atoms with Crippen LogP contribution >= 0.6 is 0 Å². The largest absolute Gasteiger partial charge is 0.496 e. The molecule has 35 heavy (non-hydrogen) atoms. The molecule has 1 aromatic heterocycles. The van der Waals surface area contributed by atoms with Crippen LogP contribution in [0.25, 0.3) is 10.9 Å². The number of rotatable bonds is 9. The average Bonchev–Trinajstić information content (AvgIpc) is 3.19.